The van der Waals surface area contributed by atoms with Gasteiger partial charge in [-0.05, 0) is 26.2 Å². The lowest BCUT2D eigenvalue weighted by molar-refractivity contribution is 0.0461. The molecule has 3 heteroatoms. The molecular formula is C12H24N2O. The zero-order valence-corrected chi connectivity index (χ0v) is 9.78. The molecule has 0 aromatic rings. The Bertz CT molecular complexity index is 190. The summed E-state index contributed by atoms with van der Waals surface area (Å²) in [5.74, 6) is 0. The van der Waals surface area contributed by atoms with E-state index >= 15 is 0 Å². The molecule has 0 amide bonds. The maximum atomic E-state index is 9.11. The van der Waals surface area contributed by atoms with Gasteiger partial charge in [-0.3, -0.25) is 4.90 Å². The minimum Gasteiger partial charge on any atom is -0.396 e. The second-order valence-corrected chi connectivity index (χ2v) is 5.06. The van der Waals surface area contributed by atoms with Crippen LogP contribution < -0.4 is 5.32 Å². The second kappa shape index (κ2) is 5.28. The molecule has 0 radical (unpaired) electrons. The largest absolute Gasteiger partial charge is 0.396 e. The number of aliphatic hydroxyl groups is 1. The van der Waals surface area contributed by atoms with Crippen molar-refractivity contribution in [2.45, 2.75) is 57.2 Å². The molecule has 15 heavy (non-hydrogen) atoms. The van der Waals surface area contributed by atoms with E-state index in [-0.39, 0.29) is 0 Å². The lowest BCUT2D eigenvalue weighted by atomic mass is 10.0. The second-order valence-electron chi connectivity index (χ2n) is 5.06. The third kappa shape index (κ3) is 2.52. The van der Waals surface area contributed by atoms with Gasteiger partial charge in [0.05, 0.1) is 0 Å². The lowest BCUT2D eigenvalue weighted by Crippen LogP contribution is -2.59. The molecule has 1 saturated carbocycles. The van der Waals surface area contributed by atoms with Gasteiger partial charge in [-0.2, -0.15) is 0 Å². The van der Waals surface area contributed by atoms with E-state index in [0.717, 1.165) is 25.6 Å². The zero-order valence-electron chi connectivity index (χ0n) is 9.78. The van der Waals surface area contributed by atoms with Gasteiger partial charge in [0.1, 0.15) is 0 Å². The van der Waals surface area contributed by atoms with Crippen molar-refractivity contribution in [2.75, 3.05) is 19.7 Å². The van der Waals surface area contributed by atoms with Crippen molar-refractivity contribution in [3.63, 3.8) is 0 Å². The Morgan fingerprint density at radius 2 is 2.00 bits per heavy atom. The van der Waals surface area contributed by atoms with Crippen LogP contribution >= 0.6 is 0 Å². The van der Waals surface area contributed by atoms with Gasteiger partial charge in [0.15, 0.2) is 0 Å². The topological polar surface area (TPSA) is 35.5 Å². The Labute approximate surface area is 92.8 Å². The molecule has 88 valence electrons. The van der Waals surface area contributed by atoms with Crippen LogP contribution in [-0.4, -0.2) is 47.8 Å². The number of piperazine rings is 1. The summed E-state index contributed by atoms with van der Waals surface area (Å²) in [5, 5.41) is 12.6. The maximum absolute atomic E-state index is 9.11. The van der Waals surface area contributed by atoms with E-state index < -0.39 is 0 Å². The molecule has 1 aliphatic heterocycles. The van der Waals surface area contributed by atoms with Gasteiger partial charge < -0.3 is 10.4 Å². The standard InChI is InChI=1S/C12H24N2O/c1-10-8-13-9-12(6-7-15)14(10)11-4-2-3-5-11/h10-13,15H,2-9H2,1H3. The highest BCUT2D eigenvalue weighted by atomic mass is 16.3. The molecule has 0 aromatic carbocycles. The molecule has 1 saturated heterocycles. The van der Waals surface area contributed by atoms with Gasteiger partial charge >= 0.3 is 0 Å². The Morgan fingerprint density at radius 1 is 1.27 bits per heavy atom. The highest BCUT2D eigenvalue weighted by molar-refractivity contribution is 4.91. The molecule has 2 aliphatic rings. The third-order valence-electron chi connectivity index (χ3n) is 3.96. The number of rotatable bonds is 3. The lowest BCUT2D eigenvalue weighted by Gasteiger charge is -2.44. The predicted octanol–water partition coefficient (Wildman–Crippen LogP) is 0.974. The monoisotopic (exact) mass is 212 g/mol. The molecule has 2 atom stereocenters. The highest BCUT2D eigenvalue weighted by Gasteiger charge is 2.34. The van der Waals surface area contributed by atoms with Crippen LogP contribution in [0.5, 0.6) is 0 Å². The Kier molecular flexibility index (Phi) is 4.00. The van der Waals surface area contributed by atoms with E-state index in [9.17, 15) is 0 Å². The molecule has 3 nitrogen and oxygen atoms in total. The fourth-order valence-electron chi connectivity index (χ4n) is 3.29. The SMILES string of the molecule is CC1CNCC(CCO)N1C1CCCC1. The van der Waals surface area contributed by atoms with Gasteiger partial charge in [0.25, 0.3) is 0 Å². The summed E-state index contributed by atoms with van der Waals surface area (Å²) in [4.78, 5) is 2.68. The van der Waals surface area contributed by atoms with Crippen LogP contribution in [0, 0.1) is 0 Å². The van der Waals surface area contributed by atoms with E-state index in [1.807, 2.05) is 0 Å². The summed E-state index contributed by atoms with van der Waals surface area (Å²) < 4.78 is 0. The average Bonchev–Trinajstić information content (AvgIpc) is 2.71. The van der Waals surface area contributed by atoms with Crippen molar-refractivity contribution in [1.29, 1.82) is 0 Å². The first-order chi connectivity index (χ1) is 7.33. The van der Waals surface area contributed by atoms with Crippen LogP contribution in [0.15, 0.2) is 0 Å². The number of hydrogen-bond acceptors (Lipinski definition) is 3. The van der Waals surface area contributed by atoms with Crippen LogP contribution in [0.1, 0.15) is 39.0 Å². The van der Waals surface area contributed by atoms with Crippen molar-refractivity contribution in [3.05, 3.63) is 0 Å². The summed E-state index contributed by atoms with van der Waals surface area (Å²) in [6.45, 7) is 4.80. The van der Waals surface area contributed by atoms with Crippen LogP contribution in [0.4, 0.5) is 0 Å². The van der Waals surface area contributed by atoms with Gasteiger partial charge in [0, 0.05) is 37.8 Å². The van der Waals surface area contributed by atoms with E-state index in [1.165, 1.54) is 25.7 Å². The highest BCUT2D eigenvalue weighted by Crippen LogP contribution is 2.28. The third-order valence-corrected chi connectivity index (χ3v) is 3.96. The van der Waals surface area contributed by atoms with Crippen molar-refractivity contribution in [2.24, 2.45) is 0 Å². The zero-order chi connectivity index (χ0) is 10.7. The number of hydrogen-bond donors (Lipinski definition) is 2. The first-order valence-electron chi connectivity index (χ1n) is 6.42. The van der Waals surface area contributed by atoms with E-state index in [4.69, 9.17) is 5.11 Å². The van der Waals surface area contributed by atoms with Crippen LogP contribution in [-0.2, 0) is 0 Å². The van der Waals surface area contributed by atoms with Crippen molar-refractivity contribution < 1.29 is 5.11 Å². The molecule has 1 aliphatic carbocycles. The quantitative estimate of drug-likeness (QED) is 0.732. The molecule has 0 spiro atoms. The molecule has 2 N–H and O–H groups in total. The molecule has 2 rings (SSSR count). The number of aliphatic hydroxyl groups excluding tert-OH is 1. The predicted molar refractivity (Wildman–Crippen MR) is 61.9 cm³/mol. The normalized spacial score (nSPS) is 34.8. The first-order valence-corrected chi connectivity index (χ1v) is 6.42. The minimum absolute atomic E-state index is 0.322. The average molecular weight is 212 g/mol. The van der Waals surface area contributed by atoms with Crippen molar-refractivity contribution >= 4 is 0 Å². The summed E-state index contributed by atoms with van der Waals surface area (Å²) in [6, 6.07) is 1.99. The Balaban J connectivity index is 2.00. The molecule has 1 heterocycles. The van der Waals surface area contributed by atoms with Gasteiger partial charge in [-0.15, -0.1) is 0 Å². The summed E-state index contributed by atoms with van der Waals surface area (Å²) in [7, 11) is 0. The van der Waals surface area contributed by atoms with Gasteiger partial charge in [-0.25, -0.2) is 0 Å². The van der Waals surface area contributed by atoms with Crippen LogP contribution in [0.25, 0.3) is 0 Å². The van der Waals surface area contributed by atoms with Crippen LogP contribution in [0.2, 0.25) is 0 Å². The smallest absolute Gasteiger partial charge is 0.0446 e. The molecule has 0 aromatic heterocycles. The van der Waals surface area contributed by atoms with E-state index in [2.05, 4.69) is 17.1 Å². The van der Waals surface area contributed by atoms with Gasteiger partial charge in [0.2, 0.25) is 0 Å². The van der Waals surface area contributed by atoms with Gasteiger partial charge in [-0.1, -0.05) is 12.8 Å². The maximum Gasteiger partial charge on any atom is 0.0446 e. The molecule has 2 fully saturated rings. The fourth-order valence-corrected chi connectivity index (χ4v) is 3.29. The first kappa shape index (κ1) is 11.4. The van der Waals surface area contributed by atoms with Crippen molar-refractivity contribution in [1.82, 2.24) is 10.2 Å². The van der Waals surface area contributed by atoms with E-state index in [0.29, 0.717) is 18.7 Å². The van der Waals surface area contributed by atoms with Crippen LogP contribution in [0.3, 0.4) is 0 Å². The number of nitrogens with one attached hydrogen (secondary N) is 1. The Hall–Kier alpha value is -0.120. The van der Waals surface area contributed by atoms with Crippen molar-refractivity contribution in [3.8, 4) is 0 Å². The van der Waals surface area contributed by atoms with E-state index in [1.54, 1.807) is 0 Å². The number of nitrogens with zero attached hydrogens (tertiary/aromatic N) is 1. The molecular weight excluding hydrogens is 188 g/mol. The summed E-state index contributed by atoms with van der Waals surface area (Å²) >= 11 is 0. The fraction of sp³-hybridized carbons (Fsp3) is 1.00. The summed E-state index contributed by atoms with van der Waals surface area (Å²) in [5.41, 5.74) is 0. The molecule has 2 unspecified atom stereocenters. The molecule has 0 bridgehead atoms. The summed E-state index contributed by atoms with van der Waals surface area (Å²) in [6.07, 6.45) is 6.45. The minimum atomic E-state index is 0.322. The Morgan fingerprint density at radius 3 is 2.67 bits per heavy atom.